The second-order valence-electron chi connectivity index (χ2n) is 9.94. The van der Waals surface area contributed by atoms with Crippen LogP contribution in [0, 0.1) is 17.7 Å². The largest absolute Gasteiger partial charge is 0.493 e. The summed E-state index contributed by atoms with van der Waals surface area (Å²) < 4.78 is 46.2. The number of cyclic esters (lactones) is 1. The van der Waals surface area contributed by atoms with Crippen LogP contribution < -0.4 is 14.8 Å². The Labute approximate surface area is 242 Å². The summed E-state index contributed by atoms with van der Waals surface area (Å²) in [6.45, 7) is 5.41. The third kappa shape index (κ3) is 8.87. The van der Waals surface area contributed by atoms with Gasteiger partial charge in [0.05, 0.1) is 26.2 Å². The lowest BCUT2D eigenvalue weighted by atomic mass is 9.91. The number of pyridine rings is 1. The van der Waals surface area contributed by atoms with Gasteiger partial charge in [-0.1, -0.05) is 26.0 Å². The van der Waals surface area contributed by atoms with E-state index in [2.05, 4.69) is 10.3 Å². The lowest BCUT2D eigenvalue weighted by Gasteiger charge is -2.31. The third-order valence-corrected chi connectivity index (χ3v) is 6.34. The van der Waals surface area contributed by atoms with Gasteiger partial charge in [0.2, 0.25) is 6.79 Å². The average molecular weight is 591 g/mol. The van der Waals surface area contributed by atoms with Gasteiger partial charge in [-0.2, -0.15) is 0 Å². The topological polar surface area (TPSA) is 149 Å². The van der Waals surface area contributed by atoms with E-state index in [0.29, 0.717) is 6.42 Å². The maximum atomic E-state index is 13.5. The van der Waals surface area contributed by atoms with Crippen LogP contribution in [0.5, 0.6) is 11.5 Å². The lowest BCUT2D eigenvalue weighted by molar-refractivity contribution is -0.173. The molecule has 42 heavy (non-hydrogen) atoms. The Bertz CT molecular complexity index is 1250. The maximum absolute atomic E-state index is 13.5. The number of hydrogen-bond donors (Lipinski definition) is 1. The van der Waals surface area contributed by atoms with Gasteiger partial charge >= 0.3 is 17.9 Å². The molecular formula is C29H35FN2O10. The van der Waals surface area contributed by atoms with Crippen LogP contribution >= 0.6 is 0 Å². The summed E-state index contributed by atoms with van der Waals surface area (Å²) in [6.07, 6.45) is -0.152. The molecule has 3 rings (SSSR count). The Hall–Kier alpha value is -4.26. The number of ether oxygens (including phenoxy) is 6. The smallest absolute Gasteiger partial charge is 0.331 e. The van der Waals surface area contributed by atoms with Crippen molar-refractivity contribution >= 4 is 23.8 Å². The highest BCUT2D eigenvalue weighted by Gasteiger charge is 2.38. The van der Waals surface area contributed by atoms with Crippen LogP contribution in [-0.4, -0.2) is 74.2 Å². The molecule has 4 atom stereocenters. The van der Waals surface area contributed by atoms with E-state index < -0.39 is 66.5 Å². The summed E-state index contributed by atoms with van der Waals surface area (Å²) in [5, 5.41) is 2.54. The van der Waals surface area contributed by atoms with Crippen molar-refractivity contribution in [3.05, 3.63) is 53.6 Å². The van der Waals surface area contributed by atoms with Crippen molar-refractivity contribution in [2.75, 3.05) is 27.1 Å². The minimum Gasteiger partial charge on any atom is -0.493 e. The van der Waals surface area contributed by atoms with Gasteiger partial charge in [-0.3, -0.25) is 14.4 Å². The summed E-state index contributed by atoms with van der Waals surface area (Å²) in [4.78, 5) is 54.2. The molecule has 1 aliphatic heterocycles. The predicted molar refractivity (Wildman–Crippen MR) is 144 cm³/mol. The number of hydrogen-bond acceptors (Lipinski definition) is 11. The van der Waals surface area contributed by atoms with Crippen molar-refractivity contribution in [1.29, 1.82) is 0 Å². The van der Waals surface area contributed by atoms with Crippen molar-refractivity contribution in [3.63, 3.8) is 0 Å². The fraction of sp³-hybridized carbons (Fsp3) is 0.483. The van der Waals surface area contributed by atoms with E-state index in [1.807, 2.05) is 0 Å². The Balaban J connectivity index is 1.82. The zero-order chi connectivity index (χ0) is 30.8. The summed E-state index contributed by atoms with van der Waals surface area (Å²) >= 11 is 0. The van der Waals surface area contributed by atoms with Crippen LogP contribution in [0.2, 0.25) is 0 Å². The second-order valence-corrected chi connectivity index (χ2v) is 9.94. The van der Waals surface area contributed by atoms with Crippen molar-refractivity contribution in [3.8, 4) is 11.5 Å². The van der Waals surface area contributed by atoms with Gasteiger partial charge in [-0.25, -0.2) is 14.2 Å². The van der Waals surface area contributed by atoms with Gasteiger partial charge in [-0.15, -0.1) is 0 Å². The predicted octanol–water partition coefficient (Wildman–Crippen LogP) is 2.62. The number of halogens is 1. The van der Waals surface area contributed by atoms with Gasteiger partial charge in [-0.05, 0) is 31.0 Å². The number of nitrogens with one attached hydrogen (secondary N) is 1. The number of nitrogens with zero attached hydrogens (tertiary/aromatic N) is 1. The number of carbonyl (C=O) groups excluding carboxylic acids is 4. The zero-order valence-corrected chi connectivity index (χ0v) is 24.1. The number of methoxy groups -OCH3 is 1. The van der Waals surface area contributed by atoms with Crippen LogP contribution in [-0.2, 0) is 39.8 Å². The van der Waals surface area contributed by atoms with Crippen LogP contribution in [0.4, 0.5) is 4.39 Å². The van der Waals surface area contributed by atoms with Crippen LogP contribution in [0.15, 0.2) is 36.5 Å². The molecule has 1 aliphatic rings. The Morgan fingerprint density at radius 3 is 2.50 bits per heavy atom. The number of esters is 3. The third-order valence-electron chi connectivity index (χ3n) is 6.34. The van der Waals surface area contributed by atoms with Crippen molar-refractivity contribution < 1.29 is 52.0 Å². The summed E-state index contributed by atoms with van der Waals surface area (Å²) in [5.41, 5.74) is 0.531. The van der Waals surface area contributed by atoms with Crippen LogP contribution in [0.3, 0.4) is 0 Å². The molecule has 1 amide bonds. The van der Waals surface area contributed by atoms with Crippen LogP contribution in [0.25, 0.3) is 0 Å². The molecule has 1 aromatic carbocycles. The Morgan fingerprint density at radius 2 is 1.86 bits per heavy atom. The van der Waals surface area contributed by atoms with Crippen LogP contribution in [0.1, 0.15) is 43.7 Å². The fourth-order valence-electron chi connectivity index (χ4n) is 4.17. The van der Waals surface area contributed by atoms with E-state index in [4.69, 9.17) is 28.4 Å². The molecule has 13 heteroatoms. The van der Waals surface area contributed by atoms with Gasteiger partial charge in [0.1, 0.15) is 18.0 Å². The molecule has 1 aromatic heterocycles. The molecule has 12 nitrogen and oxygen atoms in total. The lowest BCUT2D eigenvalue weighted by Crippen LogP contribution is -2.47. The van der Waals surface area contributed by atoms with Crippen molar-refractivity contribution in [2.45, 2.75) is 52.4 Å². The Morgan fingerprint density at radius 1 is 1.14 bits per heavy atom. The molecular weight excluding hydrogens is 555 g/mol. The molecule has 1 saturated heterocycles. The first kappa shape index (κ1) is 32.3. The first-order valence-electron chi connectivity index (χ1n) is 13.3. The molecule has 2 heterocycles. The summed E-state index contributed by atoms with van der Waals surface area (Å²) in [6, 6.07) is 6.06. The van der Waals surface area contributed by atoms with Gasteiger partial charge in [0, 0.05) is 25.1 Å². The van der Waals surface area contributed by atoms with E-state index in [0.717, 1.165) is 5.56 Å². The highest BCUT2D eigenvalue weighted by molar-refractivity contribution is 5.98. The van der Waals surface area contributed by atoms with E-state index in [-0.39, 0.29) is 30.4 Å². The first-order chi connectivity index (χ1) is 20.0. The number of carbonyl (C=O) groups is 4. The number of rotatable bonds is 10. The number of benzene rings is 1. The Kier molecular flexibility index (Phi) is 11.6. The molecule has 1 N–H and O–H groups in total. The van der Waals surface area contributed by atoms with Gasteiger partial charge in [0.25, 0.3) is 5.91 Å². The minimum absolute atomic E-state index is 0.0366. The van der Waals surface area contributed by atoms with E-state index in [1.54, 1.807) is 32.9 Å². The van der Waals surface area contributed by atoms with Crippen molar-refractivity contribution in [1.82, 2.24) is 10.3 Å². The highest BCUT2D eigenvalue weighted by Crippen LogP contribution is 2.30. The molecule has 0 spiro atoms. The molecule has 0 radical (unpaired) electrons. The monoisotopic (exact) mass is 590 g/mol. The normalized spacial score (nSPS) is 20.8. The van der Waals surface area contributed by atoms with E-state index in [9.17, 15) is 23.6 Å². The fourth-order valence-corrected chi connectivity index (χ4v) is 4.17. The maximum Gasteiger partial charge on any atom is 0.331 e. The second kappa shape index (κ2) is 15.1. The molecule has 2 aromatic rings. The van der Waals surface area contributed by atoms with Crippen molar-refractivity contribution in [2.24, 2.45) is 11.8 Å². The highest BCUT2D eigenvalue weighted by atomic mass is 19.1. The van der Waals surface area contributed by atoms with E-state index >= 15 is 0 Å². The first-order valence-corrected chi connectivity index (χ1v) is 13.3. The average Bonchev–Trinajstić information content (AvgIpc) is 2.99. The van der Waals surface area contributed by atoms with E-state index in [1.165, 1.54) is 38.4 Å². The molecule has 0 bridgehead atoms. The number of aromatic nitrogens is 1. The van der Waals surface area contributed by atoms with Gasteiger partial charge in [0.15, 0.2) is 23.2 Å². The SMILES string of the molecule is COc1ccnc(C(=O)NC2COCC(Cc3ccc(F)cc3)C(OC(=O)C(C)C)C(C)OC2=O)c1OCOC(C)=O. The molecule has 0 aliphatic carbocycles. The van der Waals surface area contributed by atoms with Gasteiger partial charge < -0.3 is 33.7 Å². The molecule has 4 unspecified atom stereocenters. The standard InChI is InChI=1S/C29H35FN2O10/c1-16(2)28(35)42-25-17(3)41-29(36)22(14-38-13-20(25)12-19-6-8-21(30)9-7-19)32-27(34)24-26(40-15-39-18(4)33)23(37-5)10-11-31-24/h6-11,16-17,20,22,25H,12-15H2,1-5H3,(H,32,34). The molecule has 1 fully saturated rings. The zero-order valence-electron chi connectivity index (χ0n) is 24.1. The molecule has 228 valence electrons. The molecule has 0 saturated carbocycles. The quantitative estimate of drug-likeness (QED) is 0.247. The number of amides is 1. The summed E-state index contributed by atoms with van der Waals surface area (Å²) in [5.74, 6) is -3.97. The summed E-state index contributed by atoms with van der Waals surface area (Å²) in [7, 11) is 1.35. The minimum atomic E-state index is -1.26.